The van der Waals surface area contributed by atoms with Crippen LogP contribution in [0.4, 0.5) is 0 Å². The van der Waals surface area contributed by atoms with Crippen molar-refractivity contribution in [3.05, 3.63) is 23.8 Å². The molecule has 9 heteroatoms. The first-order chi connectivity index (χ1) is 7.16. The molecule has 0 saturated heterocycles. The van der Waals surface area contributed by atoms with Crippen molar-refractivity contribution in [3.8, 4) is 0 Å². The van der Waals surface area contributed by atoms with Gasteiger partial charge in [0.2, 0.25) is 6.29 Å². The number of carbonyl (C=O) groups excluding carboxylic acids is 1. The third-order valence-electron chi connectivity index (χ3n) is 1.64. The number of benzene rings is 1. The zero-order chi connectivity index (χ0) is 12.6. The molecule has 0 atom stereocenters. The zero-order valence-corrected chi connectivity index (χ0v) is 9.12. The van der Waals surface area contributed by atoms with E-state index in [2.05, 4.69) is 0 Å². The highest BCUT2D eigenvalue weighted by molar-refractivity contribution is 7.86. The standard InChI is InChI=1S/C7H5O7S2/c8-4-5-1-2-6(15(9,10)11)3-7(5)16(12,13)14/h1-3H,(H,9,10,11)(H,12,13,14). The Hall–Kier alpha value is -1.29. The zero-order valence-electron chi connectivity index (χ0n) is 7.48. The lowest BCUT2D eigenvalue weighted by molar-refractivity contribution is 0.480. The quantitative estimate of drug-likeness (QED) is 0.714. The summed E-state index contributed by atoms with van der Waals surface area (Å²) in [5.41, 5.74) is -0.532. The molecule has 0 aromatic heterocycles. The van der Waals surface area contributed by atoms with Crippen molar-refractivity contribution in [2.45, 2.75) is 9.79 Å². The summed E-state index contributed by atoms with van der Waals surface area (Å²) in [6.45, 7) is 0. The second-order valence-electron chi connectivity index (χ2n) is 2.71. The molecule has 1 radical (unpaired) electrons. The van der Waals surface area contributed by atoms with Gasteiger partial charge < -0.3 is 0 Å². The molecule has 1 rings (SSSR count). The molecule has 87 valence electrons. The fraction of sp³-hybridized carbons (Fsp3) is 0. The first-order valence-electron chi connectivity index (χ1n) is 3.63. The lowest BCUT2D eigenvalue weighted by Gasteiger charge is -2.02. The summed E-state index contributed by atoms with van der Waals surface area (Å²) < 4.78 is 60.3. The average molecular weight is 265 g/mol. The van der Waals surface area contributed by atoms with E-state index in [1.165, 1.54) is 6.29 Å². The second-order valence-corrected chi connectivity index (χ2v) is 5.52. The summed E-state index contributed by atoms with van der Waals surface area (Å²) >= 11 is 0. The first kappa shape index (κ1) is 12.8. The van der Waals surface area contributed by atoms with Gasteiger partial charge in [-0.05, 0) is 18.2 Å². The molecule has 0 fully saturated rings. The maximum atomic E-state index is 10.8. The first-order valence-corrected chi connectivity index (χ1v) is 6.51. The molecule has 0 bridgehead atoms. The molecular formula is C7H5O7S2. The second kappa shape index (κ2) is 3.94. The van der Waals surface area contributed by atoms with Crippen LogP contribution in [0.5, 0.6) is 0 Å². The Bertz CT molecular complexity index is 627. The summed E-state index contributed by atoms with van der Waals surface area (Å²) in [4.78, 5) is 8.64. The van der Waals surface area contributed by atoms with Crippen molar-refractivity contribution in [2.75, 3.05) is 0 Å². The van der Waals surface area contributed by atoms with E-state index in [9.17, 15) is 21.6 Å². The van der Waals surface area contributed by atoms with Crippen LogP contribution in [0.3, 0.4) is 0 Å². The van der Waals surface area contributed by atoms with Crippen molar-refractivity contribution >= 4 is 26.5 Å². The highest BCUT2D eigenvalue weighted by atomic mass is 32.2. The van der Waals surface area contributed by atoms with E-state index >= 15 is 0 Å². The molecule has 1 aromatic carbocycles. The van der Waals surface area contributed by atoms with Crippen LogP contribution in [0.25, 0.3) is 0 Å². The Morgan fingerprint density at radius 2 is 1.56 bits per heavy atom. The van der Waals surface area contributed by atoms with Crippen LogP contribution in [0.2, 0.25) is 0 Å². The monoisotopic (exact) mass is 265 g/mol. The van der Waals surface area contributed by atoms with Gasteiger partial charge in [0, 0.05) is 5.56 Å². The SMILES string of the molecule is O=[C]c1ccc(S(=O)(=O)O)cc1S(=O)(=O)O. The normalized spacial score (nSPS) is 12.4. The molecule has 0 spiro atoms. The third kappa shape index (κ3) is 2.64. The van der Waals surface area contributed by atoms with Gasteiger partial charge >= 0.3 is 0 Å². The summed E-state index contributed by atoms with van der Waals surface area (Å²) in [6, 6.07) is 2.08. The molecule has 0 aliphatic heterocycles. The highest BCUT2D eigenvalue weighted by Crippen LogP contribution is 2.19. The van der Waals surface area contributed by atoms with Crippen LogP contribution < -0.4 is 0 Å². The molecule has 0 aliphatic rings. The summed E-state index contributed by atoms with van der Waals surface area (Å²) in [6.07, 6.45) is 1.22. The predicted molar refractivity (Wildman–Crippen MR) is 50.9 cm³/mol. The molecule has 0 saturated carbocycles. The van der Waals surface area contributed by atoms with E-state index in [1.807, 2.05) is 0 Å². The Labute approximate surface area is 91.2 Å². The van der Waals surface area contributed by atoms with E-state index in [1.54, 1.807) is 0 Å². The van der Waals surface area contributed by atoms with Crippen molar-refractivity contribution in [2.24, 2.45) is 0 Å². The van der Waals surface area contributed by atoms with Gasteiger partial charge in [0.1, 0.15) is 4.90 Å². The smallest absolute Gasteiger partial charge is 0.285 e. The van der Waals surface area contributed by atoms with E-state index < -0.39 is 35.6 Å². The van der Waals surface area contributed by atoms with Gasteiger partial charge in [-0.25, -0.2) is 0 Å². The van der Waals surface area contributed by atoms with E-state index in [0.29, 0.717) is 6.07 Å². The van der Waals surface area contributed by atoms with Crippen molar-refractivity contribution in [1.29, 1.82) is 0 Å². The van der Waals surface area contributed by atoms with Crippen LogP contribution >= 0.6 is 0 Å². The van der Waals surface area contributed by atoms with Gasteiger partial charge in [-0.2, -0.15) is 16.8 Å². The Morgan fingerprint density at radius 3 is 1.94 bits per heavy atom. The van der Waals surface area contributed by atoms with Gasteiger partial charge in [-0.1, -0.05) is 0 Å². The molecule has 0 amide bonds. The molecular weight excluding hydrogens is 260 g/mol. The fourth-order valence-corrected chi connectivity index (χ4v) is 2.21. The van der Waals surface area contributed by atoms with Crippen LogP contribution in [0.1, 0.15) is 5.56 Å². The minimum absolute atomic E-state index is 0.463. The molecule has 2 N–H and O–H groups in total. The fourth-order valence-electron chi connectivity index (χ4n) is 0.961. The Balaban J connectivity index is 3.65. The third-order valence-corrected chi connectivity index (χ3v) is 3.38. The number of hydrogen-bond donors (Lipinski definition) is 2. The van der Waals surface area contributed by atoms with Gasteiger partial charge in [-0.15, -0.1) is 0 Å². The molecule has 7 nitrogen and oxygen atoms in total. The topological polar surface area (TPSA) is 126 Å². The van der Waals surface area contributed by atoms with Crippen molar-refractivity contribution in [1.82, 2.24) is 0 Å². The van der Waals surface area contributed by atoms with Gasteiger partial charge in [-0.3, -0.25) is 13.9 Å². The van der Waals surface area contributed by atoms with Crippen LogP contribution in [-0.2, 0) is 25.0 Å². The summed E-state index contributed by atoms with van der Waals surface area (Å²) in [7, 11) is -9.38. The Kier molecular flexibility index (Phi) is 3.15. The van der Waals surface area contributed by atoms with Crippen molar-refractivity contribution in [3.63, 3.8) is 0 Å². The van der Waals surface area contributed by atoms with E-state index in [0.717, 1.165) is 12.1 Å². The largest absolute Gasteiger partial charge is 0.295 e. The molecule has 0 aliphatic carbocycles. The lowest BCUT2D eigenvalue weighted by atomic mass is 10.2. The molecule has 1 aromatic rings. The van der Waals surface area contributed by atoms with Crippen LogP contribution in [0, 0.1) is 0 Å². The maximum Gasteiger partial charge on any atom is 0.295 e. The minimum atomic E-state index is -4.77. The van der Waals surface area contributed by atoms with Gasteiger partial charge in [0.05, 0.1) is 4.90 Å². The van der Waals surface area contributed by atoms with Gasteiger partial charge in [0.15, 0.2) is 0 Å². The molecule has 0 unspecified atom stereocenters. The summed E-state index contributed by atoms with van der Waals surface area (Å²) in [5, 5.41) is 0. The number of rotatable bonds is 3. The Morgan fingerprint density at radius 1 is 1.00 bits per heavy atom. The van der Waals surface area contributed by atoms with E-state index in [4.69, 9.17) is 9.11 Å². The molecule has 0 heterocycles. The van der Waals surface area contributed by atoms with Crippen molar-refractivity contribution < 1.29 is 30.7 Å². The average Bonchev–Trinajstić information content (AvgIpc) is 2.14. The minimum Gasteiger partial charge on any atom is -0.285 e. The predicted octanol–water partition coefficient (Wildman–Crippen LogP) is -0.362. The number of hydrogen-bond acceptors (Lipinski definition) is 5. The summed E-state index contributed by atoms with van der Waals surface area (Å²) in [5.74, 6) is 0. The van der Waals surface area contributed by atoms with E-state index in [-0.39, 0.29) is 0 Å². The maximum absolute atomic E-state index is 10.8. The van der Waals surface area contributed by atoms with Gasteiger partial charge in [0.25, 0.3) is 20.2 Å². The highest BCUT2D eigenvalue weighted by Gasteiger charge is 2.20. The van der Waals surface area contributed by atoms with Crippen LogP contribution in [-0.4, -0.2) is 32.2 Å². The molecule has 16 heavy (non-hydrogen) atoms. The van der Waals surface area contributed by atoms with Crippen LogP contribution in [0.15, 0.2) is 28.0 Å². The lowest BCUT2D eigenvalue weighted by Crippen LogP contribution is -2.06.